The number of carbonyl (C=O) groups excluding carboxylic acids is 1. The number of carbonyl (C=O) groups is 1. The molecule has 32 heavy (non-hydrogen) atoms. The number of nitrogens with zero attached hydrogens (tertiary/aromatic N) is 2. The van der Waals surface area contributed by atoms with Crippen LogP contribution in [0.4, 0.5) is 4.39 Å². The van der Waals surface area contributed by atoms with Crippen LogP contribution in [0.3, 0.4) is 0 Å². The van der Waals surface area contributed by atoms with Crippen LogP contribution in [-0.4, -0.2) is 15.8 Å². The molecule has 2 aliphatic carbocycles. The maximum Gasteiger partial charge on any atom is 0.185 e. The topological polar surface area (TPSA) is 44.1 Å². The van der Waals surface area contributed by atoms with E-state index in [-0.39, 0.29) is 11.9 Å². The van der Waals surface area contributed by atoms with Crippen molar-refractivity contribution in [3.63, 3.8) is 0 Å². The van der Waals surface area contributed by atoms with Gasteiger partial charge in [-0.25, -0.2) is 9.37 Å². The number of hydrogen-bond acceptors (Lipinski definition) is 3. The molecule has 1 aromatic heterocycles. The maximum absolute atomic E-state index is 13.2. The lowest BCUT2D eigenvalue weighted by atomic mass is 9.94. The van der Waals surface area contributed by atoms with Gasteiger partial charge in [0.2, 0.25) is 0 Å². The van der Waals surface area contributed by atoms with Gasteiger partial charge in [-0.3, -0.25) is 4.79 Å². The zero-order chi connectivity index (χ0) is 22.3. The fraction of sp³-hybridized carbons (Fsp3) is 0.407. The lowest BCUT2D eigenvalue weighted by molar-refractivity contribution is 0.110. The van der Waals surface area contributed by atoms with E-state index in [0.717, 1.165) is 48.9 Å². The van der Waals surface area contributed by atoms with Gasteiger partial charge in [0, 0.05) is 12.1 Å². The van der Waals surface area contributed by atoms with E-state index in [0.29, 0.717) is 22.7 Å². The maximum atomic E-state index is 13.2. The Balaban J connectivity index is 1.45. The van der Waals surface area contributed by atoms with Gasteiger partial charge >= 0.3 is 0 Å². The zero-order valence-electron chi connectivity index (χ0n) is 18.7. The van der Waals surface area contributed by atoms with E-state index in [9.17, 15) is 9.18 Å². The van der Waals surface area contributed by atoms with Crippen LogP contribution in [0.1, 0.15) is 69.0 Å². The Bertz CT molecular complexity index is 1170. The molecule has 0 spiro atoms. The van der Waals surface area contributed by atoms with Crippen LogP contribution in [0.5, 0.6) is 11.5 Å². The summed E-state index contributed by atoms with van der Waals surface area (Å²) in [4.78, 5) is 16.5. The van der Waals surface area contributed by atoms with Crippen molar-refractivity contribution in [2.75, 3.05) is 0 Å². The average molecular weight is 433 g/mol. The smallest absolute Gasteiger partial charge is 0.185 e. The predicted molar refractivity (Wildman–Crippen MR) is 124 cm³/mol. The zero-order valence-corrected chi connectivity index (χ0v) is 18.7. The van der Waals surface area contributed by atoms with Crippen molar-refractivity contribution < 1.29 is 13.9 Å². The molecule has 0 amide bonds. The molecule has 0 saturated heterocycles. The second kappa shape index (κ2) is 8.19. The standard InChI is InChI=1S/C27H29FN2O2/c1-3-5-21(9-6-18(4-2)27-15-19(27)16-27)30-25-14-23(12-13-24(25)29-26(30)17-31)32-22-10-7-20(28)8-11-22/h4,7-8,10-14,17,19,21H,3,5-6,9,15-16H2,1-2H3/b18-4-. The first kappa shape index (κ1) is 20.9. The number of allylic oxidation sites excluding steroid dienone is 2. The third-order valence-corrected chi connectivity index (χ3v) is 7.25. The van der Waals surface area contributed by atoms with Gasteiger partial charge in [-0.05, 0) is 86.8 Å². The van der Waals surface area contributed by atoms with Crippen LogP contribution in [-0.2, 0) is 0 Å². The second-order valence-corrected chi connectivity index (χ2v) is 9.22. The van der Waals surface area contributed by atoms with Crippen molar-refractivity contribution in [1.82, 2.24) is 9.55 Å². The van der Waals surface area contributed by atoms with E-state index in [1.807, 2.05) is 18.2 Å². The summed E-state index contributed by atoms with van der Waals surface area (Å²) in [5.41, 5.74) is 3.82. The van der Waals surface area contributed by atoms with Crippen LogP contribution in [0.25, 0.3) is 11.0 Å². The van der Waals surface area contributed by atoms with Gasteiger partial charge in [-0.1, -0.05) is 25.0 Å². The van der Waals surface area contributed by atoms with E-state index in [4.69, 9.17) is 4.74 Å². The van der Waals surface area contributed by atoms with Crippen LogP contribution in [0.15, 0.2) is 54.1 Å². The minimum Gasteiger partial charge on any atom is -0.457 e. The fourth-order valence-corrected chi connectivity index (χ4v) is 5.23. The molecule has 0 bridgehead atoms. The van der Waals surface area contributed by atoms with Gasteiger partial charge in [-0.2, -0.15) is 0 Å². The molecule has 1 atom stereocenters. The Labute approximate surface area is 188 Å². The SMILES string of the molecule is C/C=C(/CCC(CCC)n1c(C=O)nc2ccc(Oc3ccc(F)cc3)cc21)C12CC1C2. The Kier molecular flexibility index (Phi) is 5.36. The van der Waals surface area contributed by atoms with Crippen molar-refractivity contribution >= 4 is 17.3 Å². The predicted octanol–water partition coefficient (Wildman–Crippen LogP) is 7.26. The largest absolute Gasteiger partial charge is 0.457 e. The van der Waals surface area contributed by atoms with Crippen LogP contribution in [0.2, 0.25) is 0 Å². The summed E-state index contributed by atoms with van der Waals surface area (Å²) in [5, 5.41) is 0. The molecule has 3 aromatic rings. The highest BCUT2D eigenvalue weighted by Crippen LogP contribution is 2.79. The molecule has 2 fully saturated rings. The van der Waals surface area contributed by atoms with Gasteiger partial charge in [-0.15, -0.1) is 0 Å². The minimum atomic E-state index is -0.298. The number of ether oxygens (including phenoxy) is 1. The minimum absolute atomic E-state index is 0.202. The number of hydrogen-bond donors (Lipinski definition) is 0. The molecule has 5 heteroatoms. The highest BCUT2D eigenvalue weighted by molar-refractivity contribution is 5.84. The molecule has 0 N–H and O–H groups in total. The Morgan fingerprint density at radius 1 is 1.22 bits per heavy atom. The van der Waals surface area contributed by atoms with Gasteiger partial charge in [0.05, 0.1) is 11.0 Å². The summed E-state index contributed by atoms with van der Waals surface area (Å²) in [6.45, 7) is 4.35. The number of aromatic nitrogens is 2. The summed E-state index contributed by atoms with van der Waals surface area (Å²) in [7, 11) is 0. The Morgan fingerprint density at radius 3 is 2.56 bits per heavy atom. The third kappa shape index (κ3) is 3.74. The highest BCUT2D eigenvalue weighted by atomic mass is 19.1. The number of benzene rings is 2. The molecular formula is C27H29FN2O2. The van der Waals surface area contributed by atoms with Gasteiger partial charge in [0.25, 0.3) is 0 Å². The molecule has 2 aliphatic rings. The van der Waals surface area contributed by atoms with E-state index in [1.165, 1.54) is 25.0 Å². The quantitative estimate of drug-likeness (QED) is 0.250. The molecule has 2 aromatic carbocycles. The molecule has 2 saturated carbocycles. The van der Waals surface area contributed by atoms with Crippen LogP contribution >= 0.6 is 0 Å². The second-order valence-electron chi connectivity index (χ2n) is 9.22. The summed E-state index contributed by atoms with van der Waals surface area (Å²) in [6, 6.07) is 11.8. The molecule has 1 unspecified atom stereocenters. The van der Waals surface area contributed by atoms with Crippen LogP contribution < -0.4 is 4.74 Å². The number of rotatable bonds is 10. The summed E-state index contributed by atoms with van der Waals surface area (Å²) in [5.74, 6) is 2.31. The van der Waals surface area contributed by atoms with Gasteiger partial charge in [0.1, 0.15) is 17.3 Å². The molecule has 0 aliphatic heterocycles. The molecular weight excluding hydrogens is 403 g/mol. The lowest BCUT2D eigenvalue weighted by Crippen LogP contribution is -2.13. The summed E-state index contributed by atoms with van der Waals surface area (Å²) in [6.07, 6.45) is 9.99. The van der Waals surface area contributed by atoms with Gasteiger partial charge in [0.15, 0.2) is 12.1 Å². The van der Waals surface area contributed by atoms with Crippen molar-refractivity contribution in [1.29, 1.82) is 0 Å². The molecule has 5 rings (SSSR count). The number of halogens is 1. The third-order valence-electron chi connectivity index (χ3n) is 7.25. The Morgan fingerprint density at radius 2 is 1.94 bits per heavy atom. The molecule has 0 radical (unpaired) electrons. The van der Waals surface area contributed by atoms with Gasteiger partial charge < -0.3 is 9.30 Å². The molecule has 1 heterocycles. The average Bonchev–Trinajstić information content (AvgIpc) is 3.64. The van der Waals surface area contributed by atoms with Crippen LogP contribution in [0, 0.1) is 17.2 Å². The van der Waals surface area contributed by atoms with Crippen molar-refractivity contribution in [3.05, 3.63) is 65.8 Å². The lowest BCUT2D eigenvalue weighted by Gasteiger charge is -2.22. The van der Waals surface area contributed by atoms with E-state index in [1.54, 1.807) is 17.7 Å². The fourth-order valence-electron chi connectivity index (χ4n) is 5.23. The molecule has 166 valence electrons. The Hall–Kier alpha value is -2.95. The highest BCUT2D eigenvalue weighted by Gasteiger charge is 2.70. The van der Waals surface area contributed by atoms with Crippen molar-refractivity contribution in [3.8, 4) is 11.5 Å². The van der Waals surface area contributed by atoms with Crippen molar-refractivity contribution in [2.45, 2.75) is 58.4 Å². The monoisotopic (exact) mass is 432 g/mol. The van der Waals surface area contributed by atoms with E-state index < -0.39 is 0 Å². The number of aldehydes is 1. The summed E-state index contributed by atoms with van der Waals surface area (Å²) < 4.78 is 21.3. The van der Waals surface area contributed by atoms with E-state index in [2.05, 4.69) is 29.5 Å². The number of fused-ring (bicyclic) bond motifs is 2. The first-order valence-corrected chi connectivity index (χ1v) is 11.6. The normalized spacial score (nSPS) is 22.5. The number of imidazole rings is 1. The van der Waals surface area contributed by atoms with Crippen molar-refractivity contribution in [2.24, 2.45) is 11.3 Å². The molecule has 4 nitrogen and oxygen atoms in total. The summed E-state index contributed by atoms with van der Waals surface area (Å²) >= 11 is 0. The first-order valence-electron chi connectivity index (χ1n) is 11.6. The first-order chi connectivity index (χ1) is 15.6. The van der Waals surface area contributed by atoms with E-state index >= 15 is 0 Å².